The summed E-state index contributed by atoms with van der Waals surface area (Å²) in [6, 6.07) is 13.3. The van der Waals surface area contributed by atoms with Gasteiger partial charge in [0.1, 0.15) is 22.7 Å². The smallest absolute Gasteiger partial charge is 0.340 e. The molecule has 0 saturated heterocycles. The number of furan rings is 1. The van der Waals surface area contributed by atoms with Crippen molar-refractivity contribution in [1.29, 1.82) is 0 Å². The molecular weight excluding hydrogens is 244 g/mol. The molecule has 0 saturated carbocycles. The van der Waals surface area contributed by atoms with Gasteiger partial charge in [0.25, 0.3) is 0 Å². The number of fused-ring (bicyclic) bond motifs is 1. The molecule has 2 N–H and O–H groups in total. The largest absolute Gasteiger partial charge is 0.508 e. The van der Waals surface area contributed by atoms with Crippen molar-refractivity contribution >= 4 is 16.9 Å². The van der Waals surface area contributed by atoms with E-state index in [0.717, 1.165) is 0 Å². The van der Waals surface area contributed by atoms with E-state index >= 15 is 0 Å². The van der Waals surface area contributed by atoms with Crippen LogP contribution in [-0.2, 0) is 0 Å². The molecule has 0 aliphatic rings. The summed E-state index contributed by atoms with van der Waals surface area (Å²) in [6.07, 6.45) is 0. The van der Waals surface area contributed by atoms with E-state index in [0.29, 0.717) is 16.5 Å². The number of phenols is 1. The number of phenolic OH excluding ortho intramolecular Hbond substituents is 1. The van der Waals surface area contributed by atoms with Gasteiger partial charge in [-0.2, -0.15) is 0 Å². The Hall–Kier alpha value is -2.75. The van der Waals surface area contributed by atoms with Gasteiger partial charge in [-0.15, -0.1) is 0 Å². The highest BCUT2D eigenvalue weighted by molar-refractivity contribution is 6.08. The molecule has 4 nitrogen and oxygen atoms in total. The number of carbonyl (C=O) groups is 1. The predicted octanol–water partition coefficient (Wildman–Crippen LogP) is 3.50. The molecule has 0 atom stereocenters. The Morgan fingerprint density at radius 1 is 1.05 bits per heavy atom. The number of hydrogen-bond acceptors (Lipinski definition) is 3. The lowest BCUT2D eigenvalue weighted by Gasteiger charge is -2.00. The summed E-state index contributed by atoms with van der Waals surface area (Å²) in [7, 11) is 0. The Morgan fingerprint density at radius 2 is 1.84 bits per heavy atom. The minimum absolute atomic E-state index is 0.0642. The van der Waals surface area contributed by atoms with Crippen LogP contribution in [0, 0.1) is 0 Å². The first-order valence-corrected chi connectivity index (χ1v) is 5.71. The van der Waals surface area contributed by atoms with Crippen molar-refractivity contribution in [2.24, 2.45) is 0 Å². The second-order valence-corrected chi connectivity index (χ2v) is 4.16. The molecular formula is C15H10O4. The van der Waals surface area contributed by atoms with E-state index < -0.39 is 5.97 Å². The zero-order valence-corrected chi connectivity index (χ0v) is 9.83. The van der Waals surface area contributed by atoms with Crippen molar-refractivity contribution in [1.82, 2.24) is 0 Å². The molecule has 0 aliphatic heterocycles. The minimum Gasteiger partial charge on any atom is -0.508 e. The third-order valence-electron chi connectivity index (χ3n) is 2.92. The highest BCUT2D eigenvalue weighted by Crippen LogP contribution is 2.34. The highest BCUT2D eigenvalue weighted by Gasteiger charge is 2.21. The van der Waals surface area contributed by atoms with Gasteiger partial charge in [0, 0.05) is 10.9 Å². The molecule has 2 aromatic carbocycles. The standard InChI is InChI=1S/C15H10O4/c16-10-5-3-4-9(8-10)14-13(15(17)18)11-6-1-2-7-12(11)19-14/h1-8,16H,(H,17,18). The van der Waals surface area contributed by atoms with Crippen LogP contribution in [0.3, 0.4) is 0 Å². The summed E-state index contributed by atoms with van der Waals surface area (Å²) in [5.74, 6) is -0.734. The third-order valence-corrected chi connectivity index (χ3v) is 2.92. The van der Waals surface area contributed by atoms with Crippen LogP contribution in [0.15, 0.2) is 52.9 Å². The van der Waals surface area contributed by atoms with Crippen molar-refractivity contribution in [2.45, 2.75) is 0 Å². The van der Waals surface area contributed by atoms with Gasteiger partial charge in [-0.3, -0.25) is 0 Å². The summed E-state index contributed by atoms with van der Waals surface area (Å²) in [5.41, 5.74) is 1.16. The summed E-state index contributed by atoms with van der Waals surface area (Å²) < 4.78 is 5.61. The minimum atomic E-state index is -1.05. The Kier molecular flexibility index (Phi) is 2.49. The van der Waals surface area contributed by atoms with Gasteiger partial charge >= 0.3 is 5.97 Å². The fourth-order valence-electron chi connectivity index (χ4n) is 2.11. The van der Waals surface area contributed by atoms with E-state index in [1.807, 2.05) is 0 Å². The molecule has 0 fully saturated rings. The van der Waals surface area contributed by atoms with E-state index in [1.165, 1.54) is 12.1 Å². The van der Waals surface area contributed by atoms with E-state index in [-0.39, 0.29) is 17.1 Å². The van der Waals surface area contributed by atoms with Gasteiger partial charge in [0.15, 0.2) is 0 Å². The van der Waals surface area contributed by atoms with Crippen LogP contribution in [0.1, 0.15) is 10.4 Å². The fourth-order valence-corrected chi connectivity index (χ4v) is 2.11. The second kappa shape index (κ2) is 4.17. The fraction of sp³-hybridized carbons (Fsp3) is 0. The van der Waals surface area contributed by atoms with Gasteiger partial charge in [-0.05, 0) is 18.2 Å². The Bertz CT molecular complexity index is 771. The van der Waals surface area contributed by atoms with Crippen molar-refractivity contribution in [3.63, 3.8) is 0 Å². The van der Waals surface area contributed by atoms with E-state index in [1.54, 1.807) is 36.4 Å². The molecule has 94 valence electrons. The Morgan fingerprint density at radius 3 is 2.58 bits per heavy atom. The van der Waals surface area contributed by atoms with E-state index in [2.05, 4.69) is 0 Å². The van der Waals surface area contributed by atoms with Crippen LogP contribution in [0.25, 0.3) is 22.3 Å². The van der Waals surface area contributed by atoms with Gasteiger partial charge in [-0.25, -0.2) is 4.79 Å². The zero-order valence-electron chi connectivity index (χ0n) is 9.83. The summed E-state index contributed by atoms with van der Waals surface area (Å²) >= 11 is 0. The first-order valence-electron chi connectivity index (χ1n) is 5.71. The lowest BCUT2D eigenvalue weighted by Crippen LogP contribution is -1.96. The maximum Gasteiger partial charge on any atom is 0.340 e. The molecule has 0 aliphatic carbocycles. The average molecular weight is 254 g/mol. The molecule has 19 heavy (non-hydrogen) atoms. The first-order chi connectivity index (χ1) is 9.16. The summed E-state index contributed by atoms with van der Waals surface area (Å²) in [5, 5.41) is 19.4. The number of para-hydroxylation sites is 1. The maximum absolute atomic E-state index is 11.4. The number of benzene rings is 2. The zero-order chi connectivity index (χ0) is 13.4. The van der Waals surface area contributed by atoms with Crippen molar-refractivity contribution < 1.29 is 19.4 Å². The normalized spacial score (nSPS) is 10.7. The lowest BCUT2D eigenvalue weighted by atomic mass is 10.1. The molecule has 3 rings (SSSR count). The molecule has 0 bridgehead atoms. The number of rotatable bonds is 2. The summed E-state index contributed by atoms with van der Waals surface area (Å²) in [6.45, 7) is 0. The molecule has 1 heterocycles. The number of aromatic carboxylic acids is 1. The lowest BCUT2D eigenvalue weighted by molar-refractivity contribution is 0.0699. The van der Waals surface area contributed by atoms with Gasteiger partial charge in [-0.1, -0.05) is 30.3 Å². The molecule has 0 unspecified atom stereocenters. The quantitative estimate of drug-likeness (QED) is 0.734. The first kappa shape index (κ1) is 11.3. The average Bonchev–Trinajstić information content (AvgIpc) is 2.78. The Labute approximate surface area is 108 Å². The van der Waals surface area contributed by atoms with Gasteiger partial charge in [0.2, 0.25) is 0 Å². The predicted molar refractivity (Wildman–Crippen MR) is 70.3 cm³/mol. The van der Waals surface area contributed by atoms with Gasteiger partial charge in [0.05, 0.1) is 0 Å². The molecule has 0 amide bonds. The van der Waals surface area contributed by atoms with Crippen LogP contribution < -0.4 is 0 Å². The molecule has 0 radical (unpaired) electrons. The number of hydrogen-bond donors (Lipinski definition) is 2. The molecule has 4 heteroatoms. The van der Waals surface area contributed by atoms with Crippen LogP contribution in [0.2, 0.25) is 0 Å². The van der Waals surface area contributed by atoms with Gasteiger partial charge < -0.3 is 14.6 Å². The number of aromatic hydroxyl groups is 1. The monoisotopic (exact) mass is 254 g/mol. The van der Waals surface area contributed by atoms with Crippen LogP contribution in [-0.4, -0.2) is 16.2 Å². The highest BCUT2D eigenvalue weighted by atomic mass is 16.4. The molecule has 0 spiro atoms. The topological polar surface area (TPSA) is 70.7 Å². The number of carboxylic acid groups (broad SMARTS) is 1. The van der Waals surface area contributed by atoms with Crippen molar-refractivity contribution in [2.75, 3.05) is 0 Å². The van der Waals surface area contributed by atoms with Crippen LogP contribution in [0.4, 0.5) is 0 Å². The van der Waals surface area contributed by atoms with Crippen molar-refractivity contribution in [3.8, 4) is 17.1 Å². The number of carboxylic acids is 1. The van der Waals surface area contributed by atoms with Crippen LogP contribution in [0.5, 0.6) is 5.75 Å². The van der Waals surface area contributed by atoms with Crippen LogP contribution >= 0.6 is 0 Å². The molecule has 1 aromatic heterocycles. The SMILES string of the molecule is O=C(O)c1c(-c2cccc(O)c2)oc2ccccc12. The Balaban J connectivity index is 2.34. The van der Waals surface area contributed by atoms with E-state index in [9.17, 15) is 15.0 Å². The second-order valence-electron chi connectivity index (χ2n) is 4.16. The maximum atomic E-state index is 11.4. The third kappa shape index (κ3) is 1.83. The molecule has 3 aromatic rings. The van der Waals surface area contributed by atoms with Crippen molar-refractivity contribution in [3.05, 3.63) is 54.1 Å². The summed E-state index contributed by atoms with van der Waals surface area (Å²) in [4.78, 5) is 11.4. The van der Waals surface area contributed by atoms with E-state index in [4.69, 9.17) is 4.42 Å².